The van der Waals surface area contributed by atoms with Gasteiger partial charge >= 0.3 is 0 Å². The number of halogens is 1. The molecule has 0 saturated carbocycles. The van der Waals surface area contributed by atoms with Crippen LogP contribution in [0.25, 0.3) is 0 Å². The van der Waals surface area contributed by atoms with E-state index in [0.29, 0.717) is 6.54 Å². The molecule has 1 saturated heterocycles. The normalized spacial score (nSPS) is 19.4. The predicted octanol–water partition coefficient (Wildman–Crippen LogP) is 2.34. The summed E-state index contributed by atoms with van der Waals surface area (Å²) in [7, 11) is 1.75. The van der Waals surface area contributed by atoms with Crippen LogP contribution in [0.4, 0.5) is 10.2 Å². The van der Waals surface area contributed by atoms with Crippen molar-refractivity contribution in [3.05, 3.63) is 23.6 Å². The zero-order valence-corrected chi connectivity index (χ0v) is 12.4. The van der Waals surface area contributed by atoms with Crippen LogP contribution in [0.15, 0.2) is 12.3 Å². The van der Waals surface area contributed by atoms with Crippen LogP contribution in [0.1, 0.15) is 31.7 Å². The van der Waals surface area contributed by atoms with Crippen molar-refractivity contribution in [2.75, 3.05) is 31.6 Å². The largest absolute Gasteiger partial charge is 0.380 e. The smallest absolute Gasteiger partial charge is 0.141 e. The number of aromatic nitrogens is 1. The lowest BCUT2D eigenvalue weighted by Gasteiger charge is -2.34. The quantitative estimate of drug-likeness (QED) is 0.812. The van der Waals surface area contributed by atoms with Gasteiger partial charge in [-0.25, -0.2) is 9.37 Å². The lowest BCUT2D eigenvalue weighted by molar-refractivity contribution is 0.0891. The van der Waals surface area contributed by atoms with E-state index in [-0.39, 0.29) is 11.9 Å². The Morgan fingerprint density at radius 2 is 2.40 bits per heavy atom. The molecule has 112 valence electrons. The van der Waals surface area contributed by atoms with Gasteiger partial charge in [0.1, 0.15) is 11.6 Å². The maximum absolute atomic E-state index is 13.4. The van der Waals surface area contributed by atoms with Gasteiger partial charge in [0.05, 0.1) is 12.3 Å². The number of nitrogens with one attached hydrogen (secondary N) is 1. The van der Waals surface area contributed by atoms with Gasteiger partial charge in [-0.05, 0) is 31.9 Å². The summed E-state index contributed by atoms with van der Waals surface area (Å²) in [5.41, 5.74) is 0.926. The molecule has 0 spiro atoms. The van der Waals surface area contributed by atoms with E-state index in [2.05, 4.69) is 22.1 Å². The Morgan fingerprint density at radius 1 is 1.55 bits per heavy atom. The van der Waals surface area contributed by atoms with Gasteiger partial charge in [-0.1, -0.05) is 6.92 Å². The highest BCUT2D eigenvalue weighted by atomic mass is 19.1. The first kappa shape index (κ1) is 15.2. The van der Waals surface area contributed by atoms with Crippen LogP contribution in [-0.2, 0) is 11.3 Å². The number of methoxy groups -OCH3 is 1. The minimum Gasteiger partial charge on any atom is -0.380 e. The average molecular weight is 281 g/mol. The van der Waals surface area contributed by atoms with Gasteiger partial charge in [0, 0.05) is 32.3 Å². The molecule has 1 aromatic heterocycles. The summed E-state index contributed by atoms with van der Waals surface area (Å²) in [5, 5.41) is 3.32. The van der Waals surface area contributed by atoms with Crippen molar-refractivity contribution in [1.29, 1.82) is 0 Å². The first-order valence-corrected chi connectivity index (χ1v) is 7.37. The first-order chi connectivity index (χ1) is 9.74. The Bertz CT molecular complexity index is 428. The van der Waals surface area contributed by atoms with E-state index >= 15 is 0 Å². The third-order valence-corrected chi connectivity index (χ3v) is 3.66. The molecule has 1 unspecified atom stereocenters. The third kappa shape index (κ3) is 3.90. The van der Waals surface area contributed by atoms with Crippen molar-refractivity contribution in [2.24, 2.45) is 0 Å². The fraction of sp³-hybridized carbons (Fsp3) is 0.667. The number of pyridine rings is 1. The van der Waals surface area contributed by atoms with Crippen molar-refractivity contribution >= 4 is 5.82 Å². The van der Waals surface area contributed by atoms with E-state index in [1.807, 2.05) is 0 Å². The molecule has 0 radical (unpaired) electrons. The van der Waals surface area contributed by atoms with Crippen molar-refractivity contribution in [2.45, 2.75) is 38.8 Å². The number of hydrogen-bond donors (Lipinski definition) is 1. The minimum absolute atomic E-state index is 0.243. The van der Waals surface area contributed by atoms with Crippen LogP contribution in [-0.4, -0.2) is 37.8 Å². The summed E-state index contributed by atoms with van der Waals surface area (Å²) in [4.78, 5) is 6.51. The number of hydrogen-bond acceptors (Lipinski definition) is 4. The summed E-state index contributed by atoms with van der Waals surface area (Å²) in [6.45, 7) is 5.49. The highest BCUT2D eigenvalue weighted by molar-refractivity contribution is 5.47. The van der Waals surface area contributed by atoms with Crippen molar-refractivity contribution in [3.63, 3.8) is 0 Å². The fourth-order valence-electron chi connectivity index (χ4n) is 2.61. The van der Waals surface area contributed by atoms with Crippen LogP contribution in [0.5, 0.6) is 0 Å². The molecule has 1 fully saturated rings. The lowest BCUT2D eigenvalue weighted by Crippen LogP contribution is -2.40. The Labute approximate surface area is 120 Å². The molecule has 1 aromatic rings. The molecule has 1 aliphatic rings. The van der Waals surface area contributed by atoms with Crippen molar-refractivity contribution < 1.29 is 9.13 Å². The van der Waals surface area contributed by atoms with Gasteiger partial charge in [-0.2, -0.15) is 0 Å². The van der Waals surface area contributed by atoms with Crippen LogP contribution in [0.2, 0.25) is 0 Å². The molecule has 1 atom stereocenters. The van der Waals surface area contributed by atoms with E-state index in [0.717, 1.165) is 50.3 Å². The number of anilines is 1. The van der Waals surface area contributed by atoms with Gasteiger partial charge < -0.3 is 15.0 Å². The molecule has 1 aliphatic heterocycles. The van der Waals surface area contributed by atoms with Crippen LogP contribution < -0.4 is 10.2 Å². The second-order valence-corrected chi connectivity index (χ2v) is 5.26. The number of nitrogens with zero attached hydrogens (tertiary/aromatic N) is 2. The van der Waals surface area contributed by atoms with E-state index in [1.165, 1.54) is 6.20 Å². The van der Waals surface area contributed by atoms with Crippen LogP contribution in [0.3, 0.4) is 0 Å². The summed E-state index contributed by atoms with van der Waals surface area (Å²) in [6.07, 6.45) is 4.77. The van der Waals surface area contributed by atoms with E-state index in [4.69, 9.17) is 4.74 Å². The standard InChI is InChI=1S/C15H24FN3O/c1-3-6-17-9-12-8-13(16)10-18-15(12)19-7-4-5-14(11-19)20-2/h8,10,14,17H,3-7,9,11H2,1-2H3. The molecule has 4 nitrogen and oxygen atoms in total. The molecule has 5 heteroatoms. The molecule has 20 heavy (non-hydrogen) atoms. The molecule has 2 rings (SSSR count). The second-order valence-electron chi connectivity index (χ2n) is 5.26. The third-order valence-electron chi connectivity index (χ3n) is 3.66. The van der Waals surface area contributed by atoms with Crippen molar-refractivity contribution in [3.8, 4) is 0 Å². The van der Waals surface area contributed by atoms with Crippen LogP contribution in [0, 0.1) is 5.82 Å². The SMILES string of the molecule is CCCNCc1cc(F)cnc1N1CCCC(OC)C1. The maximum Gasteiger partial charge on any atom is 0.141 e. The van der Waals surface area contributed by atoms with Crippen LogP contribution >= 0.6 is 0 Å². The zero-order valence-electron chi connectivity index (χ0n) is 12.4. The van der Waals surface area contributed by atoms with E-state index < -0.39 is 0 Å². The number of ether oxygens (including phenoxy) is 1. The highest BCUT2D eigenvalue weighted by Gasteiger charge is 2.22. The Hall–Kier alpha value is -1.20. The summed E-state index contributed by atoms with van der Waals surface area (Å²) >= 11 is 0. The Balaban J connectivity index is 2.12. The summed E-state index contributed by atoms with van der Waals surface area (Å²) < 4.78 is 18.9. The lowest BCUT2D eigenvalue weighted by atomic mass is 10.1. The average Bonchev–Trinajstić information content (AvgIpc) is 2.48. The molecule has 0 bridgehead atoms. The highest BCUT2D eigenvalue weighted by Crippen LogP contribution is 2.23. The van der Waals surface area contributed by atoms with Gasteiger partial charge in [0.2, 0.25) is 0 Å². The summed E-state index contributed by atoms with van der Waals surface area (Å²) in [5.74, 6) is 0.610. The molecule has 0 aromatic carbocycles. The van der Waals surface area contributed by atoms with Crippen molar-refractivity contribution in [1.82, 2.24) is 10.3 Å². The molecule has 0 amide bonds. The maximum atomic E-state index is 13.4. The van der Waals surface area contributed by atoms with Gasteiger partial charge in [-0.3, -0.25) is 0 Å². The summed E-state index contributed by atoms with van der Waals surface area (Å²) in [6, 6.07) is 1.58. The molecule has 1 N–H and O–H groups in total. The molecular weight excluding hydrogens is 257 g/mol. The predicted molar refractivity (Wildman–Crippen MR) is 78.4 cm³/mol. The Kier molecular flexibility index (Phi) is 5.73. The number of piperidine rings is 1. The zero-order chi connectivity index (χ0) is 14.4. The van der Waals surface area contributed by atoms with Gasteiger partial charge in [0.15, 0.2) is 0 Å². The fourth-order valence-corrected chi connectivity index (χ4v) is 2.61. The van der Waals surface area contributed by atoms with E-state index in [1.54, 1.807) is 13.2 Å². The molecular formula is C15H24FN3O. The first-order valence-electron chi connectivity index (χ1n) is 7.37. The van der Waals surface area contributed by atoms with Gasteiger partial charge in [-0.15, -0.1) is 0 Å². The Morgan fingerprint density at radius 3 is 3.15 bits per heavy atom. The number of rotatable bonds is 6. The molecule has 2 heterocycles. The minimum atomic E-state index is -0.276. The monoisotopic (exact) mass is 281 g/mol. The second kappa shape index (κ2) is 7.55. The van der Waals surface area contributed by atoms with Gasteiger partial charge in [0.25, 0.3) is 0 Å². The molecule has 0 aliphatic carbocycles. The van der Waals surface area contributed by atoms with E-state index in [9.17, 15) is 4.39 Å². The topological polar surface area (TPSA) is 37.4 Å².